The normalized spacial score (nSPS) is 16.5. The maximum atomic E-state index is 12.7. The highest BCUT2D eigenvalue weighted by molar-refractivity contribution is 7.13. The van der Waals surface area contributed by atoms with Crippen LogP contribution >= 0.6 is 11.3 Å². The van der Waals surface area contributed by atoms with Crippen molar-refractivity contribution in [3.63, 3.8) is 0 Å². The Kier molecular flexibility index (Phi) is 7.10. The summed E-state index contributed by atoms with van der Waals surface area (Å²) in [5.74, 6) is 2.49. The molecule has 0 aliphatic carbocycles. The molecule has 1 aliphatic rings. The number of rotatable bonds is 9. The Morgan fingerprint density at radius 3 is 2.77 bits per heavy atom. The molecule has 0 bridgehead atoms. The Hall–Kier alpha value is -2.56. The van der Waals surface area contributed by atoms with Crippen LogP contribution in [0.15, 0.2) is 32.6 Å². The van der Waals surface area contributed by atoms with E-state index < -0.39 is 0 Å². The Labute approximate surface area is 185 Å². The molecular weight excluding hydrogens is 416 g/mol. The van der Waals surface area contributed by atoms with Gasteiger partial charge in [0.25, 0.3) is 0 Å². The summed E-state index contributed by atoms with van der Waals surface area (Å²) in [6.07, 6.45) is 2.50. The van der Waals surface area contributed by atoms with Gasteiger partial charge < -0.3 is 19.3 Å². The first-order chi connectivity index (χ1) is 15.1. The van der Waals surface area contributed by atoms with Crippen LogP contribution in [0.25, 0.3) is 10.7 Å². The lowest BCUT2D eigenvalue weighted by molar-refractivity contribution is -0.122. The number of hydrogen-bond donors (Lipinski definition) is 1. The summed E-state index contributed by atoms with van der Waals surface area (Å²) in [5, 5.41) is 12.8. The van der Waals surface area contributed by atoms with E-state index in [0.717, 1.165) is 56.9 Å². The molecule has 3 aromatic rings. The van der Waals surface area contributed by atoms with E-state index >= 15 is 0 Å². The highest BCUT2D eigenvalue weighted by Crippen LogP contribution is 2.21. The van der Waals surface area contributed by atoms with Gasteiger partial charge >= 0.3 is 0 Å². The third kappa shape index (κ3) is 5.57. The van der Waals surface area contributed by atoms with Gasteiger partial charge in [-0.25, -0.2) is 0 Å². The van der Waals surface area contributed by atoms with Gasteiger partial charge in [-0.3, -0.25) is 9.69 Å². The monoisotopic (exact) mass is 444 g/mol. The maximum absolute atomic E-state index is 12.7. The SMILES string of the molecule is CCC(C(=O)Nc1cc(C)on1)N1CCN(CCCc2nc(-c3cccs3)no2)CC1. The van der Waals surface area contributed by atoms with Crippen LogP contribution in [0.5, 0.6) is 0 Å². The standard InChI is InChI=1S/C21H28N6O3S/c1-3-16(21(28)22-18-14-15(2)29-24-18)27-11-9-26(10-12-27)8-4-7-19-23-20(25-30-19)17-6-5-13-31-17/h5-6,13-14,16H,3-4,7-12H2,1-2H3,(H,22,24,28). The smallest absolute Gasteiger partial charge is 0.242 e. The summed E-state index contributed by atoms with van der Waals surface area (Å²) in [6.45, 7) is 8.44. The maximum Gasteiger partial charge on any atom is 0.242 e. The molecule has 3 aromatic heterocycles. The number of thiophene rings is 1. The highest BCUT2D eigenvalue weighted by Gasteiger charge is 2.28. The molecule has 0 aromatic carbocycles. The van der Waals surface area contributed by atoms with Crippen molar-refractivity contribution in [2.24, 2.45) is 0 Å². The van der Waals surface area contributed by atoms with Crippen molar-refractivity contribution in [2.75, 3.05) is 38.0 Å². The van der Waals surface area contributed by atoms with E-state index in [1.165, 1.54) is 0 Å². The molecule has 1 unspecified atom stereocenters. The lowest BCUT2D eigenvalue weighted by Gasteiger charge is -2.38. The van der Waals surface area contributed by atoms with Gasteiger partial charge in [-0.1, -0.05) is 23.3 Å². The lowest BCUT2D eigenvalue weighted by atomic mass is 10.1. The summed E-state index contributed by atoms with van der Waals surface area (Å²) >= 11 is 1.61. The van der Waals surface area contributed by atoms with E-state index in [4.69, 9.17) is 9.05 Å². The summed E-state index contributed by atoms with van der Waals surface area (Å²) in [4.78, 5) is 22.9. The van der Waals surface area contributed by atoms with Crippen LogP contribution in [0.3, 0.4) is 0 Å². The van der Waals surface area contributed by atoms with Gasteiger partial charge in [0.1, 0.15) is 5.76 Å². The number of anilines is 1. The molecule has 10 heteroatoms. The Bertz CT molecular complexity index is 962. The molecule has 4 heterocycles. The predicted octanol–water partition coefficient (Wildman–Crippen LogP) is 3.06. The van der Waals surface area contributed by atoms with E-state index in [9.17, 15) is 4.79 Å². The van der Waals surface area contributed by atoms with Crippen LogP contribution in [-0.4, -0.2) is 69.8 Å². The third-order valence-corrected chi connectivity index (χ3v) is 6.36. The molecule has 166 valence electrons. The first kappa shape index (κ1) is 21.7. The van der Waals surface area contributed by atoms with Crippen LogP contribution in [0, 0.1) is 6.92 Å². The molecule has 0 spiro atoms. The number of aryl methyl sites for hydroxylation is 2. The van der Waals surface area contributed by atoms with Gasteiger partial charge in [0.2, 0.25) is 17.6 Å². The van der Waals surface area contributed by atoms with Crippen molar-refractivity contribution in [3.8, 4) is 10.7 Å². The quantitative estimate of drug-likeness (QED) is 0.537. The molecule has 4 rings (SSSR count). The molecule has 1 aliphatic heterocycles. The average molecular weight is 445 g/mol. The van der Waals surface area contributed by atoms with Crippen molar-refractivity contribution in [3.05, 3.63) is 35.2 Å². The second-order valence-corrected chi connectivity index (χ2v) is 8.65. The molecule has 9 nitrogen and oxygen atoms in total. The van der Waals surface area contributed by atoms with Crippen LogP contribution in [0.4, 0.5) is 5.82 Å². The first-order valence-corrected chi connectivity index (χ1v) is 11.6. The van der Waals surface area contributed by atoms with Gasteiger partial charge in [0, 0.05) is 38.7 Å². The van der Waals surface area contributed by atoms with Crippen LogP contribution < -0.4 is 5.32 Å². The number of aromatic nitrogens is 3. The molecular formula is C21H28N6O3S. The minimum absolute atomic E-state index is 0.0258. The van der Waals surface area contributed by atoms with Crippen molar-refractivity contribution >= 4 is 23.1 Å². The number of piperazine rings is 1. The average Bonchev–Trinajstić information content (AvgIpc) is 3.52. The molecule has 1 fully saturated rings. The number of nitrogens with zero attached hydrogens (tertiary/aromatic N) is 5. The van der Waals surface area contributed by atoms with E-state index in [-0.39, 0.29) is 11.9 Å². The number of carbonyl (C=O) groups is 1. The molecule has 0 saturated carbocycles. The fourth-order valence-electron chi connectivity index (χ4n) is 3.86. The van der Waals surface area contributed by atoms with Crippen LogP contribution in [-0.2, 0) is 11.2 Å². The van der Waals surface area contributed by atoms with Gasteiger partial charge in [-0.15, -0.1) is 11.3 Å². The Balaban J connectivity index is 1.19. The number of hydrogen-bond acceptors (Lipinski definition) is 9. The lowest BCUT2D eigenvalue weighted by Crippen LogP contribution is -2.53. The Morgan fingerprint density at radius 1 is 1.26 bits per heavy atom. The fourth-order valence-corrected chi connectivity index (χ4v) is 4.51. The van der Waals surface area contributed by atoms with E-state index in [2.05, 4.69) is 30.4 Å². The largest absolute Gasteiger partial charge is 0.360 e. The topological polar surface area (TPSA) is 101 Å². The minimum atomic E-state index is -0.159. The van der Waals surface area contributed by atoms with Gasteiger partial charge in [-0.2, -0.15) is 4.98 Å². The molecule has 1 atom stereocenters. The third-order valence-electron chi connectivity index (χ3n) is 5.49. The fraction of sp³-hybridized carbons (Fsp3) is 0.524. The zero-order valence-electron chi connectivity index (χ0n) is 17.9. The molecule has 1 saturated heterocycles. The molecule has 31 heavy (non-hydrogen) atoms. The van der Waals surface area contributed by atoms with Crippen molar-refractivity contribution < 1.29 is 13.8 Å². The zero-order chi connectivity index (χ0) is 21.6. The molecule has 1 amide bonds. The number of nitrogens with one attached hydrogen (secondary N) is 1. The summed E-state index contributed by atoms with van der Waals surface area (Å²) in [7, 11) is 0. The Morgan fingerprint density at radius 2 is 2.10 bits per heavy atom. The summed E-state index contributed by atoms with van der Waals surface area (Å²) in [6, 6.07) is 5.55. The predicted molar refractivity (Wildman–Crippen MR) is 118 cm³/mol. The van der Waals surface area contributed by atoms with Crippen LogP contribution in [0.2, 0.25) is 0 Å². The first-order valence-electron chi connectivity index (χ1n) is 10.7. The van der Waals surface area contributed by atoms with E-state index in [1.807, 2.05) is 24.4 Å². The second-order valence-electron chi connectivity index (χ2n) is 7.71. The minimum Gasteiger partial charge on any atom is -0.360 e. The van der Waals surface area contributed by atoms with Crippen molar-refractivity contribution in [1.29, 1.82) is 0 Å². The van der Waals surface area contributed by atoms with Gasteiger partial charge in [-0.05, 0) is 37.8 Å². The van der Waals surface area contributed by atoms with Crippen molar-refractivity contribution in [1.82, 2.24) is 25.1 Å². The summed E-state index contributed by atoms with van der Waals surface area (Å²) < 4.78 is 10.4. The molecule has 0 radical (unpaired) electrons. The van der Waals surface area contributed by atoms with Crippen molar-refractivity contribution in [2.45, 2.75) is 39.2 Å². The molecule has 1 N–H and O–H groups in total. The van der Waals surface area contributed by atoms with Gasteiger partial charge in [0.05, 0.1) is 10.9 Å². The van der Waals surface area contributed by atoms with Crippen LogP contribution in [0.1, 0.15) is 31.4 Å². The number of carbonyl (C=O) groups excluding carboxylic acids is 1. The van der Waals surface area contributed by atoms with Gasteiger partial charge in [0.15, 0.2) is 5.82 Å². The zero-order valence-corrected chi connectivity index (χ0v) is 18.7. The number of amides is 1. The summed E-state index contributed by atoms with van der Waals surface area (Å²) in [5.41, 5.74) is 0. The second kappa shape index (κ2) is 10.2. The highest BCUT2D eigenvalue weighted by atomic mass is 32.1. The van der Waals surface area contributed by atoms with E-state index in [0.29, 0.717) is 23.3 Å². The van der Waals surface area contributed by atoms with E-state index in [1.54, 1.807) is 24.3 Å².